The average Bonchev–Trinajstić information content (AvgIpc) is 2.93. The van der Waals surface area contributed by atoms with Crippen LogP contribution < -0.4 is 21.7 Å². The Morgan fingerprint density at radius 1 is 0.951 bits per heavy atom. The Hall–Kier alpha value is -2.83. The molecule has 228 valence electrons. The Balaban J connectivity index is 0.000000787. The highest BCUT2D eigenvalue weighted by Gasteiger charge is 2.19. The lowest BCUT2D eigenvalue weighted by Crippen LogP contribution is -2.41. The lowest BCUT2D eigenvalue weighted by Gasteiger charge is -2.22. The first kappa shape index (κ1) is 36.2. The van der Waals surface area contributed by atoms with E-state index in [-0.39, 0.29) is 42.0 Å². The second kappa shape index (κ2) is 19.3. The van der Waals surface area contributed by atoms with Crippen molar-refractivity contribution >= 4 is 32.3 Å². The van der Waals surface area contributed by atoms with Gasteiger partial charge in [-0.15, -0.1) is 9.24 Å². The summed E-state index contributed by atoms with van der Waals surface area (Å²) in [4.78, 5) is 39.4. The first-order valence-corrected chi connectivity index (χ1v) is 15.2. The lowest BCUT2D eigenvalue weighted by atomic mass is 10.0. The van der Waals surface area contributed by atoms with Gasteiger partial charge in [0.1, 0.15) is 5.82 Å². The Morgan fingerprint density at radius 3 is 2.15 bits per heavy atom. The molecule has 0 bridgehead atoms. The van der Waals surface area contributed by atoms with Crippen molar-refractivity contribution in [2.75, 3.05) is 26.2 Å². The van der Waals surface area contributed by atoms with Crippen LogP contribution in [0.3, 0.4) is 0 Å². The molecule has 9 heteroatoms. The van der Waals surface area contributed by atoms with Crippen LogP contribution in [0.15, 0.2) is 42.5 Å². The van der Waals surface area contributed by atoms with Crippen LogP contribution in [0, 0.1) is 24.6 Å². The van der Waals surface area contributed by atoms with Crippen molar-refractivity contribution in [2.24, 2.45) is 17.6 Å². The van der Waals surface area contributed by atoms with E-state index >= 15 is 0 Å². The third-order valence-electron chi connectivity index (χ3n) is 6.66. The molecule has 0 heterocycles. The molecule has 4 N–H and O–H groups in total. The van der Waals surface area contributed by atoms with Crippen molar-refractivity contribution in [1.29, 1.82) is 0 Å². The maximum Gasteiger partial charge on any atom is 0.253 e. The van der Waals surface area contributed by atoms with E-state index in [4.69, 9.17) is 5.73 Å². The zero-order valence-corrected chi connectivity index (χ0v) is 26.8. The molecule has 0 spiro atoms. The highest BCUT2D eigenvalue weighted by Crippen LogP contribution is 2.11. The van der Waals surface area contributed by atoms with Gasteiger partial charge in [-0.3, -0.25) is 14.4 Å². The standard InChI is InChI=1S/C25H42N4O3.C7H8FP/c1-6-12-29(13-7-2)25(32)21-11-9-10-20(15-21)24(31)28-17-22(26)14-19(5)23(30)27-16-18(4)8-3;1-5-2-6(8)4-7(9)3-5/h9-11,15,18-19,22H,6-8,12-14,16-17,26H2,1-5H3,(H,27,30)(H,28,31);2-4H,9H2,1H3. The van der Waals surface area contributed by atoms with Crippen molar-refractivity contribution in [3.63, 3.8) is 0 Å². The summed E-state index contributed by atoms with van der Waals surface area (Å²) in [6.45, 7) is 14.3. The predicted octanol–water partition coefficient (Wildman–Crippen LogP) is 4.83. The number of nitrogens with two attached hydrogens (primary N) is 1. The van der Waals surface area contributed by atoms with E-state index in [0.717, 1.165) is 30.1 Å². The molecule has 0 aromatic heterocycles. The molecular weight excluding hydrogens is 538 g/mol. The summed E-state index contributed by atoms with van der Waals surface area (Å²) in [6, 6.07) is 11.3. The molecule has 41 heavy (non-hydrogen) atoms. The fourth-order valence-corrected chi connectivity index (χ4v) is 4.58. The summed E-state index contributed by atoms with van der Waals surface area (Å²) in [5.41, 5.74) is 8.04. The molecule has 0 saturated carbocycles. The van der Waals surface area contributed by atoms with Gasteiger partial charge in [-0.25, -0.2) is 4.39 Å². The van der Waals surface area contributed by atoms with E-state index in [1.54, 1.807) is 24.3 Å². The smallest absolute Gasteiger partial charge is 0.253 e. The minimum absolute atomic E-state index is 0.0120. The fraction of sp³-hybridized carbons (Fsp3) is 0.531. The van der Waals surface area contributed by atoms with Gasteiger partial charge < -0.3 is 21.3 Å². The molecule has 4 atom stereocenters. The largest absolute Gasteiger partial charge is 0.356 e. The van der Waals surface area contributed by atoms with Gasteiger partial charge in [-0.2, -0.15) is 0 Å². The van der Waals surface area contributed by atoms with E-state index in [1.165, 1.54) is 12.1 Å². The molecule has 3 amide bonds. The second-order valence-corrected chi connectivity index (χ2v) is 11.5. The van der Waals surface area contributed by atoms with Crippen molar-refractivity contribution in [2.45, 2.75) is 73.3 Å². The molecule has 0 radical (unpaired) electrons. The third kappa shape index (κ3) is 14.1. The number of nitrogens with one attached hydrogen (secondary N) is 2. The number of rotatable bonds is 14. The number of aryl methyl sites for hydroxylation is 1. The Morgan fingerprint density at radius 2 is 1.59 bits per heavy atom. The molecule has 0 aliphatic heterocycles. The zero-order chi connectivity index (χ0) is 30.9. The van der Waals surface area contributed by atoms with Crippen LogP contribution in [0.4, 0.5) is 4.39 Å². The van der Waals surface area contributed by atoms with Crippen molar-refractivity contribution in [3.05, 3.63) is 65.0 Å². The molecule has 2 aromatic rings. The van der Waals surface area contributed by atoms with E-state index in [9.17, 15) is 18.8 Å². The Kier molecular flexibility index (Phi) is 17.1. The minimum atomic E-state index is -0.335. The van der Waals surface area contributed by atoms with Gasteiger partial charge in [0.05, 0.1) is 0 Å². The summed E-state index contributed by atoms with van der Waals surface area (Å²) in [6.07, 6.45) is 3.27. The van der Waals surface area contributed by atoms with Gasteiger partial charge in [0.15, 0.2) is 0 Å². The predicted molar refractivity (Wildman–Crippen MR) is 170 cm³/mol. The summed E-state index contributed by atoms with van der Waals surface area (Å²) in [5, 5.41) is 6.68. The summed E-state index contributed by atoms with van der Waals surface area (Å²) in [5.74, 6) is -0.298. The summed E-state index contributed by atoms with van der Waals surface area (Å²) >= 11 is 0. The number of halogens is 1. The van der Waals surface area contributed by atoms with Gasteiger partial charge in [-0.05, 0) is 73.3 Å². The highest BCUT2D eigenvalue weighted by atomic mass is 31.0. The maximum absolute atomic E-state index is 12.8. The highest BCUT2D eigenvalue weighted by molar-refractivity contribution is 7.27. The van der Waals surface area contributed by atoms with Crippen molar-refractivity contribution in [3.8, 4) is 0 Å². The average molecular weight is 589 g/mol. The molecule has 2 rings (SSSR count). The molecule has 0 saturated heterocycles. The van der Waals surface area contributed by atoms with Gasteiger partial charge in [0, 0.05) is 49.3 Å². The maximum atomic E-state index is 12.8. The van der Waals surface area contributed by atoms with Crippen LogP contribution in [0.5, 0.6) is 0 Å². The van der Waals surface area contributed by atoms with E-state index in [2.05, 4.69) is 33.7 Å². The summed E-state index contributed by atoms with van der Waals surface area (Å²) in [7, 11) is 2.46. The van der Waals surface area contributed by atoms with Crippen LogP contribution in [-0.4, -0.2) is 54.8 Å². The Labute approximate surface area is 248 Å². The zero-order valence-electron chi connectivity index (χ0n) is 25.6. The number of carbonyl (C=O) groups excluding carboxylic acids is 3. The number of hydrogen-bond acceptors (Lipinski definition) is 4. The molecule has 0 fully saturated rings. The lowest BCUT2D eigenvalue weighted by molar-refractivity contribution is -0.125. The number of benzene rings is 2. The first-order valence-electron chi connectivity index (χ1n) is 14.6. The summed E-state index contributed by atoms with van der Waals surface area (Å²) < 4.78 is 12.4. The molecule has 4 unspecified atom stereocenters. The van der Waals surface area contributed by atoms with Crippen LogP contribution in [0.2, 0.25) is 0 Å². The number of nitrogens with zero attached hydrogens (tertiary/aromatic N) is 1. The number of carbonyl (C=O) groups is 3. The van der Waals surface area contributed by atoms with Gasteiger partial charge in [-0.1, -0.05) is 53.2 Å². The van der Waals surface area contributed by atoms with Crippen LogP contribution >= 0.6 is 9.24 Å². The molecule has 2 aromatic carbocycles. The Bertz CT molecular complexity index is 1060. The molecule has 0 aliphatic carbocycles. The van der Waals surface area contributed by atoms with Crippen LogP contribution in [0.1, 0.15) is 86.6 Å². The SMILES string of the molecule is CCCN(CCC)C(=O)c1cccc(C(=O)NCC(N)CC(C)C(=O)NCC(C)CC)c1.Cc1cc(F)cc(P)c1. The van der Waals surface area contributed by atoms with Crippen molar-refractivity contribution in [1.82, 2.24) is 15.5 Å². The van der Waals surface area contributed by atoms with Crippen LogP contribution in [-0.2, 0) is 4.79 Å². The van der Waals surface area contributed by atoms with Crippen LogP contribution in [0.25, 0.3) is 0 Å². The number of hydrogen-bond donors (Lipinski definition) is 3. The van der Waals surface area contributed by atoms with Gasteiger partial charge in [0.25, 0.3) is 11.8 Å². The van der Waals surface area contributed by atoms with Crippen molar-refractivity contribution < 1.29 is 18.8 Å². The monoisotopic (exact) mass is 588 g/mol. The molecule has 7 nitrogen and oxygen atoms in total. The van der Waals surface area contributed by atoms with E-state index in [0.29, 0.717) is 43.1 Å². The third-order valence-corrected chi connectivity index (χ3v) is 6.99. The second-order valence-electron chi connectivity index (χ2n) is 10.8. The quantitative estimate of drug-likeness (QED) is 0.275. The number of amides is 3. The first-order chi connectivity index (χ1) is 19.4. The minimum Gasteiger partial charge on any atom is -0.356 e. The molecule has 0 aliphatic rings. The molecular formula is C32H50FN4O3P. The van der Waals surface area contributed by atoms with E-state index in [1.807, 2.05) is 38.7 Å². The van der Waals surface area contributed by atoms with Gasteiger partial charge >= 0.3 is 0 Å². The fourth-order valence-electron chi connectivity index (χ4n) is 4.16. The topological polar surface area (TPSA) is 105 Å². The normalized spacial score (nSPS) is 12.8. The van der Waals surface area contributed by atoms with Gasteiger partial charge in [0.2, 0.25) is 5.91 Å². The van der Waals surface area contributed by atoms with E-state index < -0.39 is 0 Å².